The number of amidine groups is 1. The number of hydrogen-bond acceptors (Lipinski definition) is 4. The second kappa shape index (κ2) is 7.62. The summed E-state index contributed by atoms with van der Waals surface area (Å²) in [4.78, 5) is 2.12. The molecule has 0 unspecified atom stereocenters. The molecule has 0 heterocycles. The Morgan fingerprint density at radius 2 is 1.94 bits per heavy atom. The number of hydrogen-bond donors (Lipinski definition) is 2. The van der Waals surface area contributed by atoms with Crippen LogP contribution < -0.4 is 5.73 Å². The van der Waals surface area contributed by atoms with Gasteiger partial charge in [0.25, 0.3) is 0 Å². The summed E-state index contributed by atoms with van der Waals surface area (Å²) >= 11 is 0. The summed E-state index contributed by atoms with van der Waals surface area (Å²) < 4.78 is 22.5. The summed E-state index contributed by atoms with van der Waals surface area (Å²) in [5, 5.41) is 7.12. The van der Waals surface area contributed by atoms with Crippen LogP contribution in [0, 0.1) is 5.41 Å². The molecule has 0 bridgehead atoms. The van der Waals surface area contributed by atoms with Gasteiger partial charge in [0, 0.05) is 18.7 Å². The van der Waals surface area contributed by atoms with Crippen LogP contribution in [0.4, 0.5) is 0 Å². The Morgan fingerprint density at radius 3 is 2.38 bits per heavy atom. The van der Waals surface area contributed by atoms with E-state index in [9.17, 15) is 8.42 Å². The first-order valence-corrected chi connectivity index (χ1v) is 7.49. The highest BCUT2D eigenvalue weighted by atomic mass is 32.2. The van der Waals surface area contributed by atoms with Gasteiger partial charge in [0.2, 0.25) is 0 Å². The monoisotopic (exact) mass is 249 g/mol. The first kappa shape index (κ1) is 15.4. The Kier molecular flexibility index (Phi) is 7.33. The minimum Gasteiger partial charge on any atom is -0.388 e. The van der Waals surface area contributed by atoms with E-state index in [-0.39, 0.29) is 17.3 Å². The average molecular weight is 249 g/mol. The summed E-state index contributed by atoms with van der Waals surface area (Å²) in [6, 6.07) is 0. The van der Waals surface area contributed by atoms with E-state index in [1.54, 1.807) is 6.92 Å². The molecule has 0 saturated carbocycles. The zero-order chi connectivity index (χ0) is 12.6. The molecule has 5 nitrogen and oxygen atoms in total. The van der Waals surface area contributed by atoms with E-state index < -0.39 is 9.84 Å². The molecular weight excluding hydrogens is 226 g/mol. The van der Waals surface area contributed by atoms with Crippen LogP contribution in [0.1, 0.15) is 26.7 Å². The molecule has 0 aromatic rings. The molecule has 0 aromatic heterocycles. The lowest BCUT2D eigenvalue weighted by atomic mass is 10.3. The Balaban J connectivity index is 3.83. The third-order valence-electron chi connectivity index (χ3n) is 2.51. The van der Waals surface area contributed by atoms with Crippen molar-refractivity contribution in [3.63, 3.8) is 0 Å². The van der Waals surface area contributed by atoms with E-state index in [1.807, 2.05) is 6.92 Å². The fourth-order valence-corrected chi connectivity index (χ4v) is 2.22. The van der Waals surface area contributed by atoms with Crippen molar-refractivity contribution < 1.29 is 8.42 Å². The van der Waals surface area contributed by atoms with E-state index in [4.69, 9.17) is 11.1 Å². The van der Waals surface area contributed by atoms with Gasteiger partial charge in [0.15, 0.2) is 0 Å². The topological polar surface area (TPSA) is 87.2 Å². The van der Waals surface area contributed by atoms with Crippen LogP contribution >= 0.6 is 0 Å². The predicted octanol–water partition coefficient (Wildman–Crippen LogP) is 0.459. The fraction of sp³-hybridized carbons (Fsp3) is 0.900. The highest BCUT2D eigenvalue weighted by Gasteiger charge is 2.09. The summed E-state index contributed by atoms with van der Waals surface area (Å²) in [5.41, 5.74) is 5.28. The van der Waals surface area contributed by atoms with Gasteiger partial charge >= 0.3 is 0 Å². The number of nitrogens with two attached hydrogens (primary N) is 1. The van der Waals surface area contributed by atoms with Gasteiger partial charge in [-0.1, -0.05) is 13.8 Å². The molecule has 16 heavy (non-hydrogen) atoms. The molecule has 6 heteroatoms. The largest absolute Gasteiger partial charge is 0.388 e. The molecule has 0 radical (unpaired) electrons. The molecule has 0 fully saturated rings. The van der Waals surface area contributed by atoms with E-state index >= 15 is 0 Å². The summed E-state index contributed by atoms with van der Waals surface area (Å²) in [6.07, 6.45) is 1.20. The van der Waals surface area contributed by atoms with Crippen LogP contribution in [0.3, 0.4) is 0 Å². The zero-order valence-corrected chi connectivity index (χ0v) is 11.0. The van der Waals surface area contributed by atoms with E-state index in [1.165, 1.54) is 0 Å². The molecule has 0 spiro atoms. The van der Waals surface area contributed by atoms with Crippen LogP contribution in [0.5, 0.6) is 0 Å². The predicted molar refractivity (Wildman–Crippen MR) is 67.6 cm³/mol. The van der Waals surface area contributed by atoms with Crippen LogP contribution in [0.15, 0.2) is 0 Å². The molecule has 0 aliphatic heterocycles. The summed E-state index contributed by atoms with van der Waals surface area (Å²) in [7, 11) is -2.85. The van der Waals surface area contributed by atoms with E-state index in [2.05, 4.69) is 4.90 Å². The number of nitrogens with zero attached hydrogens (tertiary/aromatic N) is 1. The van der Waals surface area contributed by atoms with Gasteiger partial charge in [-0.2, -0.15) is 0 Å². The number of rotatable bonds is 9. The number of nitrogens with one attached hydrogen (secondary N) is 1. The van der Waals surface area contributed by atoms with Gasteiger partial charge in [-0.15, -0.1) is 0 Å². The third-order valence-corrected chi connectivity index (χ3v) is 4.30. The lowest BCUT2D eigenvalue weighted by Crippen LogP contribution is -2.30. The van der Waals surface area contributed by atoms with Crippen molar-refractivity contribution in [1.82, 2.24) is 4.90 Å². The molecule has 96 valence electrons. The van der Waals surface area contributed by atoms with Crippen LogP contribution in [0.25, 0.3) is 0 Å². The molecule has 0 saturated heterocycles. The molecule has 0 aromatic carbocycles. The van der Waals surface area contributed by atoms with Gasteiger partial charge in [-0.05, 0) is 19.5 Å². The van der Waals surface area contributed by atoms with E-state index in [0.717, 1.165) is 19.6 Å². The van der Waals surface area contributed by atoms with Gasteiger partial charge < -0.3 is 10.6 Å². The highest BCUT2D eigenvalue weighted by molar-refractivity contribution is 7.91. The zero-order valence-electron chi connectivity index (χ0n) is 10.2. The maximum atomic E-state index is 11.3. The van der Waals surface area contributed by atoms with E-state index in [0.29, 0.717) is 12.8 Å². The van der Waals surface area contributed by atoms with Crippen LogP contribution in [-0.4, -0.2) is 50.3 Å². The van der Waals surface area contributed by atoms with Crippen molar-refractivity contribution in [2.75, 3.05) is 31.1 Å². The fourth-order valence-electron chi connectivity index (χ4n) is 1.36. The minimum atomic E-state index is -2.85. The Morgan fingerprint density at radius 1 is 1.31 bits per heavy atom. The maximum Gasteiger partial charge on any atom is 0.150 e. The molecule has 3 N–H and O–H groups in total. The average Bonchev–Trinajstić information content (AvgIpc) is 2.22. The normalized spacial score (nSPS) is 11.9. The second-order valence-electron chi connectivity index (χ2n) is 3.80. The van der Waals surface area contributed by atoms with Crippen molar-refractivity contribution in [2.24, 2.45) is 5.73 Å². The lowest BCUT2D eigenvalue weighted by molar-refractivity contribution is 0.297. The smallest absolute Gasteiger partial charge is 0.150 e. The second-order valence-corrected chi connectivity index (χ2v) is 6.27. The van der Waals surface area contributed by atoms with Crippen molar-refractivity contribution >= 4 is 15.7 Å². The van der Waals surface area contributed by atoms with Crippen LogP contribution in [0.2, 0.25) is 0 Å². The highest BCUT2D eigenvalue weighted by Crippen LogP contribution is 1.98. The molecular formula is C10H23N3O2S. The molecule has 0 aliphatic carbocycles. The summed E-state index contributed by atoms with van der Waals surface area (Å²) in [5.74, 6) is 0.645. The van der Waals surface area contributed by atoms with Crippen molar-refractivity contribution in [3.05, 3.63) is 0 Å². The van der Waals surface area contributed by atoms with Gasteiger partial charge in [0.05, 0.1) is 11.6 Å². The first-order valence-electron chi connectivity index (χ1n) is 5.67. The van der Waals surface area contributed by atoms with Gasteiger partial charge in [0.1, 0.15) is 9.84 Å². The summed E-state index contributed by atoms with van der Waals surface area (Å²) in [6.45, 7) is 6.04. The Labute approximate surface area is 98.4 Å². The SMILES string of the molecule is CCN(CCCS(=O)(=O)CC)CCC(=N)N. The Bertz CT molecular complexity index is 301. The number of sulfone groups is 1. The standard InChI is InChI=1S/C10H23N3O2S/c1-3-13(8-6-10(11)12)7-5-9-16(14,15)4-2/h3-9H2,1-2H3,(H3,11,12). The van der Waals surface area contributed by atoms with Crippen molar-refractivity contribution in [2.45, 2.75) is 26.7 Å². The molecule has 0 rings (SSSR count). The lowest BCUT2D eigenvalue weighted by Gasteiger charge is -2.19. The van der Waals surface area contributed by atoms with Crippen molar-refractivity contribution in [3.8, 4) is 0 Å². The molecule has 0 aliphatic rings. The minimum absolute atomic E-state index is 0.180. The van der Waals surface area contributed by atoms with Gasteiger partial charge in [-0.3, -0.25) is 5.41 Å². The Hall–Kier alpha value is -0.620. The maximum absolute atomic E-state index is 11.3. The first-order chi connectivity index (χ1) is 7.41. The molecule has 0 atom stereocenters. The molecule has 0 amide bonds. The van der Waals surface area contributed by atoms with Crippen molar-refractivity contribution in [1.29, 1.82) is 5.41 Å². The third kappa shape index (κ3) is 7.64. The van der Waals surface area contributed by atoms with Crippen LogP contribution in [-0.2, 0) is 9.84 Å². The quantitative estimate of drug-likeness (QED) is 0.459. The van der Waals surface area contributed by atoms with Gasteiger partial charge in [-0.25, -0.2) is 8.42 Å².